The Labute approximate surface area is 116 Å². The number of nitrogens with two attached hydrogens (primary N) is 1. The van der Waals surface area contributed by atoms with Crippen molar-refractivity contribution in [1.29, 1.82) is 0 Å². The first-order valence-electron chi connectivity index (χ1n) is 7.42. The molecule has 4 atom stereocenters. The molecule has 0 spiro atoms. The molecule has 0 saturated heterocycles. The molecule has 19 heavy (non-hydrogen) atoms. The fourth-order valence-electron chi connectivity index (χ4n) is 3.19. The Balaban J connectivity index is 2.09. The van der Waals surface area contributed by atoms with Crippen LogP contribution in [0.15, 0.2) is 30.3 Å². The van der Waals surface area contributed by atoms with Crippen LogP contribution in [0.25, 0.3) is 0 Å². The summed E-state index contributed by atoms with van der Waals surface area (Å²) in [6, 6.07) is 9.98. The molecule has 1 aliphatic rings. The van der Waals surface area contributed by atoms with Crippen molar-refractivity contribution in [1.82, 2.24) is 0 Å². The first kappa shape index (κ1) is 14.3. The maximum Gasteiger partial charge on any atom is 0.144 e. The highest BCUT2D eigenvalue weighted by Crippen LogP contribution is 2.36. The predicted molar refractivity (Wildman–Crippen MR) is 78.9 cm³/mol. The summed E-state index contributed by atoms with van der Waals surface area (Å²) < 4.78 is 0. The molecule has 0 bridgehead atoms. The van der Waals surface area contributed by atoms with E-state index in [2.05, 4.69) is 13.8 Å². The average molecular weight is 259 g/mol. The molecule has 2 nitrogen and oxygen atoms in total. The summed E-state index contributed by atoms with van der Waals surface area (Å²) in [5.74, 6) is 1.84. The van der Waals surface area contributed by atoms with Crippen LogP contribution in [-0.2, 0) is 4.79 Å². The van der Waals surface area contributed by atoms with Crippen LogP contribution in [0.1, 0.15) is 44.6 Å². The van der Waals surface area contributed by atoms with Crippen LogP contribution in [-0.4, -0.2) is 12.3 Å². The van der Waals surface area contributed by atoms with Crippen LogP contribution in [0.3, 0.4) is 0 Å². The number of hydrogen-bond donors (Lipinski definition) is 1. The Morgan fingerprint density at radius 1 is 1.21 bits per heavy atom. The largest absolute Gasteiger partial charge is 0.329 e. The van der Waals surface area contributed by atoms with E-state index in [-0.39, 0.29) is 11.8 Å². The lowest BCUT2D eigenvalue weighted by Crippen LogP contribution is -2.32. The Morgan fingerprint density at radius 2 is 1.89 bits per heavy atom. The van der Waals surface area contributed by atoms with Crippen LogP contribution < -0.4 is 5.73 Å². The summed E-state index contributed by atoms with van der Waals surface area (Å²) in [6.07, 6.45) is 3.24. The number of rotatable bonds is 4. The van der Waals surface area contributed by atoms with Gasteiger partial charge >= 0.3 is 0 Å². The van der Waals surface area contributed by atoms with Crippen LogP contribution in [0.2, 0.25) is 0 Å². The predicted octanol–water partition coefficient (Wildman–Crippen LogP) is 3.37. The fraction of sp³-hybridized carbons (Fsp3) is 0.588. The summed E-state index contributed by atoms with van der Waals surface area (Å²) in [6.45, 7) is 4.98. The van der Waals surface area contributed by atoms with Crippen molar-refractivity contribution >= 4 is 5.78 Å². The Bertz CT molecular complexity index is 415. The zero-order valence-corrected chi connectivity index (χ0v) is 12.0. The maximum atomic E-state index is 12.7. The second-order valence-electron chi connectivity index (χ2n) is 6.07. The second kappa shape index (κ2) is 6.33. The molecule has 2 rings (SSSR count). The lowest BCUT2D eigenvalue weighted by atomic mass is 9.72. The van der Waals surface area contributed by atoms with Crippen molar-refractivity contribution in [2.75, 3.05) is 6.54 Å². The lowest BCUT2D eigenvalue weighted by molar-refractivity contribution is -0.125. The molecule has 1 saturated carbocycles. The van der Waals surface area contributed by atoms with Gasteiger partial charge in [-0.25, -0.2) is 0 Å². The van der Waals surface area contributed by atoms with Gasteiger partial charge in [0.05, 0.1) is 5.92 Å². The quantitative estimate of drug-likeness (QED) is 0.901. The van der Waals surface area contributed by atoms with Crippen molar-refractivity contribution in [3.8, 4) is 0 Å². The second-order valence-corrected chi connectivity index (χ2v) is 6.07. The third-order valence-electron chi connectivity index (χ3n) is 4.78. The monoisotopic (exact) mass is 259 g/mol. The third-order valence-corrected chi connectivity index (χ3v) is 4.78. The molecular formula is C17H25NO. The summed E-state index contributed by atoms with van der Waals surface area (Å²) in [7, 11) is 0. The molecule has 2 N–H and O–H groups in total. The van der Waals surface area contributed by atoms with Gasteiger partial charge in [-0.15, -0.1) is 0 Å². The Hall–Kier alpha value is -1.15. The SMILES string of the molecule is CC1CCC(C(=O)C(CN)c2ccccc2)CC1C. The van der Waals surface area contributed by atoms with Crippen LogP contribution in [0.4, 0.5) is 0 Å². The summed E-state index contributed by atoms with van der Waals surface area (Å²) in [5.41, 5.74) is 6.92. The van der Waals surface area contributed by atoms with E-state index in [0.717, 1.165) is 24.3 Å². The van der Waals surface area contributed by atoms with Gasteiger partial charge in [0.1, 0.15) is 5.78 Å². The highest BCUT2D eigenvalue weighted by molar-refractivity contribution is 5.88. The third kappa shape index (κ3) is 3.24. The number of carbonyl (C=O) groups excluding carboxylic acids is 1. The van der Waals surface area contributed by atoms with E-state index in [1.807, 2.05) is 30.3 Å². The zero-order chi connectivity index (χ0) is 13.8. The highest BCUT2D eigenvalue weighted by atomic mass is 16.1. The molecule has 0 aromatic heterocycles. The summed E-state index contributed by atoms with van der Waals surface area (Å²) in [5, 5.41) is 0. The minimum atomic E-state index is -0.119. The molecule has 2 heteroatoms. The van der Waals surface area contributed by atoms with E-state index in [1.54, 1.807) is 0 Å². The topological polar surface area (TPSA) is 43.1 Å². The van der Waals surface area contributed by atoms with Crippen molar-refractivity contribution in [3.63, 3.8) is 0 Å². The van der Waals surface area contributed by atoms with Gasteiger partial charge in [-0.2, -0.15) is 0 Å². The summed E-state index contributed by atoms with van der Waals surface area (Å²) >= 11 is 0. The van der Waals surface area contributed by atoms with Gasteiger partial charge in [0.2, 0.25) is 0 Å². The molecule has 4 unspecified atom stereocenters. The summed E-state index contributed by atoms with van der Waals surface area (Å²) in [4.78, 5) is 12.7. The fourth-order valence-corrected chi connectivity index (χ4v) is 3.19. The number of ketones is 1. The van der Waals surface area contributed by atoms with Crippen molar-refractivity contribution in [3.05, 3.63) is 35.9 Å². The molecular weight excluding hydrogens is 234 g/mol. The van der Waals surface area contributed by atoms with Gasteiger partial charge < -0.3 is 5.73 Å². The van der Waals surface area contributed by atoms with Crippen molar-refractivity contribution in [2.45, 2.75) is 39.0 Å². The molecule has 1 fully saturated rings. The molecule has 0 heterocycles. The minimum absolute atomic E-state index is 0.119. The van der Waals surface area contributed by atoms with Gasteiger partial charge in [-0.1, -0.05) is 44.2 Å². The average Bonchev–Trinajstić information content (AvgIpc) is 2.44. The smallest absolute Gasteiger partial charge is 0.144 e. The van der Waals surface area contributed by atoms with Crippen molar-refractivity contribution < 1.29 is 4.79 Å². The molecule has 1 aliphatic carbocycles. The molecule has 1 aromatic rings. The number of hydrogen-bond acceptors (Lipinski definition) is 2. The van der Waals surface area contributed by atoms with E-state index in [1.165, 1.54) is 6.42 Å². The number of carbonyl (C=O) groups is 1. The Morgan fingerprint density at radius 3 is 2.47 bits per heavy atom. The lowest BCUT2D eigenvalue weighted by Gasteiger charge is -2.33. The van der Waals surface area contributed by atoms with Gasteiger partial charge in [0.25, 0.3) is 0 Å². The van der Waals surface area contributed by atoms with E-state index in [9.17, 15) is 4.79 Å². The van der Waals surface area contributed by atoms with E-state index in [0.29, 0.717) is 18.2 Å². The Kier molecular flexibility index (Phi) is 4.76. The molecule has 0 aliphatic heterocycles. The maximum absolute atomic E-state index is 12.7. The minimum Gasteiger partial charge on any atom is -0.329 e. The van der Waals surface area contributed by atoms with Crippen LogP contribution in [0, 0.1) is 17.8 Å². The molecule has 104 valence electrons. The molecule has 0 radical (unpaired) electrons. The van der Waals surface area contributed by atoms with E-state index < -0.39 is 0 Å². The number of Topliss-reactive ketones (excluding diaryl/α,β-unsaturated/α-hetero) is 1. The van der Waals surface area contributed by atoms with Crippen LogP contribution in [0.5, 0.6) is 0 Å². The zero-order valence-electron chi connectivity index (χ0n) is 12.0. The van der Waals surface area contributed by atoms with Gasteiger partial charge in [0.15, 0.2) is 0 Å². The number of benzene rings is 1. The van der Waals surface area contributed by atoms with Gasteiger partial charge in [-0.05, 0) is 36.7 Å². The normalized spacial score (nSPS) is 28.9. The molecule has 1 aromatic carbocycles. The molecule has 0 amide bonds. The first-order valence-corrected chi connectivity index (χ1v) is 7.42. The van der Waals surface area contributed by atoms with E-state index in [4.69, 9.17) is 5.73 Å². The highest BCUT2D eigenvalue weighted by Gasteiger charge is 2.32. The van der Waals surface area contributed by atoms with Gasteiger partial charge in [-0.3, -0.25) is 4.79 Å². The standard InChI is InChI=1S/C17H25NO/c1-12-8-9-15(10-13(12)2)17(19)16(11-18)14-6-4-3-5-7-14/h3-7,12-13,15-16H,8-11,18H2,1-2H3. The first-order chi connectivity index (χ1) is 9.13. The van der Waals surface area contributed by atoms with Crippen LogP contribution >= 0.6 is 0 Å². The van der Waals surface area contributed by atoms with E-state index >= 15 is 0 Å². The van der Waals surface area contributed by atoms with Gasteiger partial charge in [0, 0.05) is 12.5 Å². The van der Waals surface area contributed by atoms with Crippen molar-refractivity contribution in [2.24, 2.45) is 23.5 Å².